The van der Waals surface area contributed by atoms with Gasteiger partial charge in [-0.2, -0.15) is 0 Å². The molecule has 0 saturated heterocycles. The molecule has 0 saturated carbocycles. The molecule has 1 N–H and O–H groups in total. The van der Waals surface area contributed by atoms with Crippen LogP contribution in [0, 0.1) is 6.92 Å². The molecule has 2 aromatic carbocycles. The third kappa shape index (κ3) is 3.26. The largest absolute Gasteiger partial charge is 0.359 e. The number of urea groups is 1. The summed E-state index contributed by atoms with van der Waals surface area (Å²) in [5.41, 5.74) is 2.80. The maximum absolute atomic E-state index is 12.5. The zero-order chi connectivity index (χ0) is 17.1. The van der Waals surface area contributed by atoms with Crippen LogP contribution in [-0.2, 0) is 0 Å². The number of carbonyl (C=O) groups excluding carboxylic acids is 1. The van der Waals surface area contributed by atoms with E-state index in [0.29, 0.717) is 27.9 Å². The van der Waals surface area contributed by atoms with Gasteiger partial charge in [0.25, 0.3) is 0 Å². The van der Waals surface area contributed by atoms with Crippen LogP contribution in [-0.4, -0.2) is 18.2 Å². The molecule has 0 aliphatic heterocycles. The van der Waals surface area contributed by atoms with Crippen LogP contribution in [0.25, 0.3) is 11.3 Å². The summed E-state index contributed by atoms with van der Waals surface area (Å²) in [5.74, 6) is 0.572. The average molecular weight is 342 g/mol. The second-order valence-electron chi connectivity index (χ2n) is 5.30. The van der Waals surface area contributed by atoms with Gasteiger partial charge in [0.05, 0.1) is 0 Å². The van der Waals surface area contributed by atoms with Crippen LogP contribution in [0.2, 0.25) is 5.02 Å². The van der Waals surface area contributed by atoms with Crippen LogP contribution >= 0.6 is 11.6 Å². The highest BCUT2D eigenvalue weighted by Crippen LogP contribution is 2.32. The molecule has 3 aromatic rings. The summed E-state index contributed by atoms with van der Waals surface area (Å²) < 4.78 is 5.30. The van der Waals surface area contributed by atoms with Crippen molar-refractivity contribution in [2.24, 2.45) is 0 Å². The third-order valence-corrected chi connectivity index (χ3v) is 3.87. The lowest BCUT2D eigenvalue weighted by Crippen LogP contribution is -2.31. The van der Waals surface area contributed by atoms with E-state index in [2.05, 4.69) is 10.5 Å². The Morgan fingerprint density at radius 2 is 1.79 bits per heavy atom. The first kappa shape index (κ1) is 16.1. The van der Waals surface area contributed by atoms with Crippen molar-refractivity contribution >= 4 is 29.0 Å². The van der Waals surface area contributed by atoms with E-state index < -0.39 is 0 Å². The Labute approximate surface area is 144 Å². The topological polar surface area (TPSA) is 58.4 Å². The zero-order valence-corrected chi connectivity index (χ0v) is 14.0. The smallest absolute Gasteiger partial charge is 0.326 e. The van der Waals surface area contributed by atoms with Gasteiger partial charge in [0, 0.05) is 23.3 Å². The Balaban J connectivity index is 1.87. The van der Waals surface area contributed by atoms with Crippen molar-refractivity contribution in [2.45, 2.75) is 6.92 Å². The van der Waals surface area contributed by atoms with Crippen LogP contribution in [0.3, 0.4) is 0 Å². The molecule has 6 heteroatoms. The Kier molecular flexibility index (Phi) is 4.53. The first-order valence-electron chi connectivity index (χ1n) is 7.38. The Morgan fingerprint density at radius 1 is 1.12 bits per heavy atom. The molecule has 2 amide bonds. The average Bonchev–Trinajstić information content (AvgIpc) is 2.98. The van der Waals surface area contributed by atoms with Gasteiger partial charge in [-0.25, -0.2) is 4.79 Å². The molecule has 0 atom stereocenters. The highest BCUT2D eigenvalue weighted by atomic mass is 35.5. The van der Waals surface area contributed by atoms with Crippen molar-refractivity contribution in [2.75, 3.05) is 17.3 Å². The van der Waals surface area contributed by atoms with Gasteiger partial charge in [-0.05, 0) is 31.2 Å². The van der Waals surface area contributed by atoms with Crippen LogP contribution in [0.15, 0.2) is 59.1 Å². The summed E-state index contributed by atoms with van der Waals surface area (Å²) in [6.07, 6.45) is 0. The molecule has 1 aromatic heterocycles. The van der Waals surface area contributed by atoms with E-state index >= 15 is 0 Å². The third-order valence-electron chi connectivity index (χ3n) is 3.61. The minimum Gasteiger partial charge on any atom is -0.359 e. The van der Waals surface area contributed by atoms with Crippen LogP contribution in [0.5, 0.6) is 0 Å². The number of rotatable bonds is 3. The number of carbonyl (C=O) groups is 1. The normalized spacial score (nSPS) is 10.5. The van der Waals surface area contributed by atoms with Crippen LogP contribution < -0.4 is 10.2 Å². The summed E-state index contributed by atoms with van der Waals surface area (Å²) in [6, 6.07) is 16.2. The number of hydrogen-bond donors (Lipinski definition) is 1. The number of anilines is 2. The molecule has 0 radical (unpaired) electrons. The van der Waals surface area contributed by atoms with Gasteiger partial charge in [-0.1, -0.05) is 47.1 Å². The highest BCUT2D eigenvalue weighted by Gasteiger charge is 2.22. The number of benzene rings is 2. The van der Waals surface area contributed by atoms with Gasteiger partial charge < -0.3 is 9.84 Å². The first-order valence-corrected chi connectivity index (χ1v) is 7.76. The lowest BCUT2D eigenvalue weighted by Gasteiger charge is -2.18. The van der Waals surface area contributed by atoms with E-state index in [9.17, 15) is 4.79 Å². The summed E-state index contributed by atoms with van der Waals surface area (Å²) in [5, 5.41) is 7.53. The summed E-state index contributed by atoms with van der Waals surface area (Å²) in [7, 11) is 1.68. The molecule has 1 heterocycles. The second-order valence-corrected chi connectivity index (χ2v) is 5.73. The number of hydrogen-bond acceptors (Lipinski definition) is 3. The SMILES string of the molecule is Cc1onc(-c2ccccc2)c1N(C)C(=O)Nc1ccc(Cl)cc1. The molecule has 122 valence electrons. The number of halogens is 1. The van der Waals surface area contributed by atoms with E-state index in [4.69, 9.17) is 16.1 Å². The molecular weight excluding hydrogens is 326 g/mol. The van der Waals surface area contributed by atoms with Crippen molar-refractivity contribution in [3.05, 3.63) is 65.4 Å². The van der Waals surface area contributed by atoms with Crippen molar-refractivity contribution in [1.82, 2.24) is 5.16 Å². The van der Waals surface area contributed by atoms with Gasteiger partial charge in [0.2, 0.25) is 0 Å². The van der Waals surface area contributed by atoms with Crippen molar-refractivity contribution in [3.63, 3.8) is 0 Å². The van der Waals surface area contributed by atoms with E-state index in [0.717, 1.165) is 5.56 Å². The summed E-state index contributed by atoms with van der Waals surface area (Å²) in [4.78, 5) is 14.0. The molecule has 0 fully saturated rings. The minimum absolute atomic E-state index is 0.291. The lowest BCUT2D eigenvalue weighted by atomic mass is 10.1. The van der Waals surface area contributed by atoms with Gasteiger partial charge in [-0.3, -0.25) is 4.90 Å². The molecule has 0 aliphatic rings. The molecule has 24 heavy (non-hydrogen) atoms. The van der Waals surface area contributed by atoms with E-state index in [-0.39, 0.29) is 6.03 Å². The molecule has 0 bridgehead atoms. The maximum atomic E-state index is 12.5. The van der Waals surface area contributed by atoms with Crippen molar-refractivity contribution in [1.29, 1.82) is 0 Å². The fourth-order valence-electron chi connectivity index (χ4n) is 2.39. The maximum Gasteiger partial charge on any atom is 0.326 e. The monoisotopic (exact) mass is 341 g/mol. The number of nitrogens with one attached hydrogen (secondary N) is 1. The fraction of sp³-hybridized carbons (Fsp3) is 0.111. The molecule has 0 unspecified atom stereocenters. The lowest BCUT2D eigenvalue weighted by molar-refractivity contribution is 0.258. The standard InChI is InChI=1S/C18H16ClN3O2/c1-12-17(16(21-24-12)13-6-4-3-5-7-13)22(2)18(23)20-15-10-8-14(19)9-11-15/h3-11H,1-2H3,(H,20,23). The highest BCUT2D eigenvalue weighted by molar-refractivity contribution is 6.30. The molecular formula is C18H16ClN3O2. The fourth-order valence-corrected chi connectivity index (χ4v) is 2.52. The molecule has 3 rings (SSSR count). The number of aryl methyl sites for hydroxylation is 1. The minimum atomic E-state index is -0.291. The van der Waals surface area contributed by atoms with Crippen molar-refractivity contribution < 1.29 is 9.32 Å². The van der Waals surface area contributed by atoms with Crippen LogP contribution in [0.4, 0.5) is 16.2 Å². The molecule has 0 spiro atoms. The van der Waals surface area contributed by atoms with Crippen LogP contribution in [0.1, 0.15) is 5.76 Å². The molecule has 5 nitrogen and oxygen atoms in total. The van der Waals surface area contributed by atoms with Gasteiger partial charge >= 0.3 is 6.03 Å². The summed E-state index contributed by atoms with van der Waals surface area (Å²) in [6.45, 7) is 1.78. The first-order chi connectivity index (χ1) is 11.6. The second kappa shape index (κ2) is 6.76. The van der Waals surface area contributed by atoms with Crippen molar-refractivity contribution in [3.8, 4) is 11.3 Å². The zero-order valence-electron chi connectivity index (χ0n) is 13.3. The Bertz CT molecular complexity index is 844. The predicted molar refractivity (Wildman–Crippen MR) is 95.5 cm³/mol. The van der Waals surface area contributed by atoms with E-state index in [1.807, 2.05) is 30.3 Å². The Morgan fingerprint density at radius 3 is 2.46 bits per heavy atom. The summed E-state index contributed by atoms with van der Waals surface area (Å²) >= 11 is 5.86. The van der Waals surface area contributed by atoms with E-state index in [1.165, 1.54) is 4.90 Å². The van der Waals surface area contributed by atoms with E-state index in [1.54, 1.807) is 38.2 Å². The number of amides is 2. The Hall–Kier alpha value is -2.79. The predicted octanol–water partition coefficient (Wildman–Crippen LogP) is 4.97. The van der Waals surface area contributed by atoms with Gasteiger partial charge in [0.1, 0.15) is 11.4 Å². The van der Waals surface area contributed by atoms with Gasteiger partial charge in [-0.15, -0.1) is 0 Å². The number of aromatic nitrogens is 1. The van der Waals surface area contributed by atoms with Gasteiger partial charge in [0.15, 0.2) is 5.76 Å². The number of nitrogens with zero attached hydrogens (tertiary/aromatic N) is 2. The quantitative estimate of drug-likeness (QED) is 0.731. The molecule has 0 aliphatic carbocycles.